The average molecular weight is 320 g/mol. The van der Waals surface area contributed by atoms with Gasteiger partial charge in [0.25, 0.3) is 5.91 Å². The quantitative estimate of drug-likeness (QED) is 0.851. The molecule has 1 aromatic heterocycles. The third-order valence-corrected chi connectivity index (χ3v) is 3.28. The van der Waals surface area contributed by atoms with Crippen molar-refractivity contribution in [2.24, 2.45) is 0 Å². The van der Waals surface area contributed by atoms with Gasteiger partial charge in [0.05, 0.1) is 19.8 Å². The first kappa shape index (κ1) is 16.7. The van der Waals surface area contributed by atoms with E-state index in [0.29, 0.717) is 0 Å². The number of alkyl halides is 3. The average Bonchev–Trinajstić information content (AvgIpc) is 2.46. The highest BCUT2D eigenvalue weighted by Crippen LogP contribution is 2.30. The number of nitrogens with zero attached hydrogens (tertiary/aromatic N) is 2. The predicted molar refractivity (Wildman–Crippen MR) is 69.0 cm³/mol. The Labute approximate surface area is 124 Å². The molecule has 2 N–H and O–H groups in total. The van der Waals surface area contributed by atoms with Crippen LogP contribution in [0.1, 0.15) is 12.6 Å². The first-order valence-electron chi connectivity index (χ1n) is 6.47. The fraction of sp³-hybridized carbons (Fsp3) is 0.538. The summed E-state index contributed by atoms with van der Waals surface area (Å²) in [5.41, 5.74) is -2.95. The number of ether oxygens (including phenoxy) is 1. The predicted octanol–water partition coefficient (Wildman–Crippen LogP) is 0.575. The van der Waals surface area contributed by atoms with Gasteiger partial charge in [-0.1, -0.05) is 6.07 Å². The van der Waals surface area contributed by atoms with Crippen LogP contribution in [0.25, 0.3) is 0 Å². The summed E-state index contributed by atoms with van der Waals surface area (Å²) >= 11 is 0. The zero-order valence-corrected chi connectivity index (χ0v) is 11.7. The molecule has 0 aromatic carbocycles. The molecule has 0 aliphatic carbocycles. The summed E-state index contributed by atoms with van der Waals surface area (Å²) in [7, 11) is 0. The minimum atomic E-state index is -4.62. The molecule has 0 spiro atoms. The van der Waals surface area contributed by atoms with Gasteiger partial charge in [0.1, 0.15) is 17.1 Å². The van der Waals surface area contributed by atoms with E-state index in [1.54, 1.807) is 0 Å². The summed E-state index contributed by atoms with van der Waals surface area (Å²) in [5, 5.41) is 19.1. The minimum Gasteiger partial charge on any atom is -0.393 e. The molecule has 1 aliphatic rings. The number of aromatic nitrogens is 1. The van der Waals surface area contributed by atoms with Crippen molar-refractivity contribution in [1.29, 1.82) is 0 Å². The number of anilines is 1. The molecular formula is C13H15F3N2O4. The Bertz CT molecular complexity index is 562. The molecule has 2 atom stereocenters. The lowest BCUT2D eigenvalue weighted by molar-refractivity contribution is -0.161. The third kappa shape index (κ3) is 3.21. The van der Waals surface area contributed by atoms with Crippen LogP contribution in [0.3, 0.4) is 0 Å². The van der Waals surface area contributed by atoms with E-state index >= 15 is 0 Å². The highest BCUT2D eigenvalue weighted by Gasteiger charge is 2.44. The Kier molecular flexibility index (Phi) is 4.41. The van der Waals surface area contributed by atoms with Crippen LogP contribution in [0.5, 0.6) is 0 Å². The van der Waals surface area contributed by atoms with Gasteiger partial charge in [0.2, 0.25) is 0 Å². The normalized spacial score (nSPS) is 22.5. The number of carbonyl (C=O) groups is 1. The molecule has 1 saturated heterocycles. The van der Waals surface area contributed by atoms with Crippen molar-refractivity contribution in [1.82, 2.24) is 4.98 Å². The molecule has 122 valence electrons. The van der Waals surface area contributed by atoms with E-state index in [-0.39, 0.29) is 19.0 Å². The number of aliphatic hydroxyl groups is 2. The number of morpholine rings is 1. The molecular weight excluding hydrogens is 305 g/mol. The molecule has 1 fully saturated rings. The molecule has 2 rings (SSSR count). The van der Waals surface area contributed by atoms with Crippen LogP contribution >= 0.6 is 0 Å². The van der Waals surface area contributed by atoms with Crippen molar-refractivity contribution in [3.05, 3.63) is 23.9 Å². The molecule has 1 aliphatic heterocycles. The van der Waals surface area contributed by atoms with Gasteiger partial charge in [-0.3, -0.25) is 9.69 Å². The molecule has 1 amide bonds. The van der Waals surface area contributed by atoms with E-state index in [9.17, 15) is 23.1 Å². The van der Waals surface area contributed by atoms with Gasteiger partial charge in [-0.25, -0.2) is 4.98 Å². The van der Waals surface area contributed by atoms with E-state index in [4.69, 9.17) is 9.84 Å². The summed E-state index contributed by atoms with van der Waals surface area (Å²) in [6.07, 6.45) is -6.00. The first-order chi connectivity index (χ1) is 10.2. The van der Waals surface area contributed by atoms with Crippen LogP contribution in [-0.2, 0) is 15.7 Å². The van der Waals surface area contributed by atoms with Crippen LogP contribution in [0, 0.1) is 0 Å². The molecule has 0 bridgehead atoms. The number of carbonyl (C=O) groups excluding carboxylic acids is 1. The first-order valence-corrected chi connectivity index (χ1v) is 6.47. The molecule has 2 heterocycles. The fourth-order valence-electron chi connectivity index (χ4n) is 2.07. The van der Waals surface area contributed by atoms with Crippen LogP contribution in [0.2, 0.25) is 0 Å². The number of aliphatic hydroxyl groups excluding tert-OH is 1. The van der Waals surface area contributed by atoms with Crippen LogP contribution in [-0.4, -0.2) is 52.6 Å². The van der Waals surface area contributed by atoms with Crippen LogP contribution in [0.4, 0.5) is 19.0 Å². The van der Waals surface area contributed by atoms with E-state index in [1.165, 1.54) is 13.0 Å². The maximum absolute atomic E-state index is 12.7. The second-order valence-electron chi connectivity index (χ2n) is 5.13. The Morgan fingerprint density at radius 2 is 2.14 bits per heavy atom. The maximum Gasteiger partial charge on any atom is 0.433 e. The third-order valence-electron chi connectivity index (χ3n) is 3.28. The highest BCUT2D eigenvalue weighted by atomic mass is 19.4. The number of pyridine rings is 1. The second-order valence-corrected chi connectivity index (χ2v) is 5.13. The van der Waals surface area contributed by atoms with Gasteiger partial charge in [0.15, 0.2) is 6.10 Å². The lowest BCUT2D eigenvalue weighted by Gasteiger charge is -2.38. The zero-order chi connectivity index (χ0) is 16.5. The SMILES string of the molecule is C[C@](O)(CO)[C@H]1OCCN(c2cccc(C(F)(F)F)n2)C1=O. The van der Waals surface area contributed by atoms with Gasteiger partial charge < -0.3 is 14.9 Å². The monoisotopic (exact) mass is 320 g/mol. The minimum absolute atomic E-state index is 0.00445. The number of amides is 1. The molecule has 1 aromatic rings. The van der Waals surface area contributed by atoms with Crippen molar-refractivity contribution in [3.63, 3.8) is 0 Å². The number of halogens is 3. The molecule has 6 nitrogen and oxygen atoms in total. The Morgan fingerprint density at radius 3 is 2.73 bits per heavy atom. The van der Waals surface area contributed by atoms with Crippen molar-refractivity contribution in [2.45, 2.75) is 24.8 Å². The van der Waals surface area contributed by atoms with Gasteiger partial charge in [-0.2, -0.15) is 13.2 Å². The van der Waals surface area contributed by atoms with Crippen molar-refractivity contribution >= 4 is 11.7 Å². The summed E-state index contributed by atoms with van der Waals surface area (Å²) in [6.45, 7) is 0.488. The largest absolute Gasteiger partial charge is 0.433 e. The van der Waals surface area contributed by atoms with Gasteiger partial charge in [-0.15, -0.1) is 0 Å². The molecule has 0 saturated carbocycles. The van der Waals surface area contributed by atoms with Gasteiger partial charge in [0, 0.05) is 0 Å². The van der Waals surface area contributed by atoms with E-state index in [0.717, 1.165) is 17.0 Å². The summed E-state index contributed by atoms with van der Waals surface area (Å²) in [5.74, 6) is -0.931. The summed E-state index contributed by atoms with van der Waals surface area (Å²) in [4.78, 5) is 16.7. The molecule has 22 heavy (non-hydrogen) atoms. The van der Waals surface area contributed by atoms with Crippen molar-refractivity contribution in [3.8, 4) is 0 Å². The van der Waals surface area contributed by atoms with Crippen molar-refractivity contribution in [2.75, 3.05) is 24.7 Å². The molecule has 0 unspecified atom stereocenters. The van der Waals surface area contributed by atoms with E-state index in [1.807, 2.05) is 0 Å². The number of hydrogen-bond donors (Lipinski definition) is 2. The highest BCUT2D eigenvalue weighted by molar-refractivity contribution is 5.97. The Balaban J connectivity index is 2.31. The number of rotatable bonds is 3. The summed E-state index contributed by atoms with van der Waals surface area (Å²) in [6, 6.07) is 3.21. The fourth-order valence-corrected chi connectivity index (χ4v) is 2.07. The van der Waals surface area contributed by atoms with Crippen molar-refractivity contribution < 1.29 is 32.9 Å². The Morgan fingerprint density at radius 1 is 1.45 bits per heavy atom. The molecule has 9 heteroatoms. The smallest absolute Gasteiger partial charge is 0.393 e. The van der Waals surface area contributed by atoms with E-state index < -0.39 is 36.1 Å². The summed E-state index contributed by atoms with van der Waals surface area (Å²) < 4.78 is 43.2. The lowest BCUT2D eigenvalue weighted by Crippen LogP contribution is -2.59. The van der Waals surface area contributed by atoms with Gasteiger partial charge >= 0.3 is 6.18 Å². The number of hydrogen-bond acceptors (Lipinski definition) is 5. The molecule has 0 radical (unpaired) electrons. The van der Waals surface area contributed by atoms with Crippen LogP contribution in [0.15, 0.2) is 18.2 Å². The second kappa shape index (κ2) is 5.82. The topological polar surface area (TPSA) is 82.9 Å². The van der Waals surface area contributed by atoms with Gasteiger partial charge in [-0.05, 0) is 19.1 Å². The standard InChI is InChI=1S/C13H15F3N2O4/c1-12(21,7-19)10-11(20)18(5-6-22-10)9-4-2-3-8(17-9)13(14,15)16/h2-4,10,19,21H,5-7H2,1H3/t10-,12-/m0/s1. The zero-order valence-electron chi connectivity index (χ0n) is 11.7. The maximum atomic E-state index is 12.7. The Hall–Kier alpha value is -1.71. The lowest BCUT2D eigenvalue weighted by atomic mass is 9.98. The van der Waals surface area contributed by atoms with Crippen LogP contribution < -0.4 is 4.90 Å². The van der Waals surface area contributed by atoms with E-state index in [2.05, 4.69) is 4.98 Å².